The van der Waals surface area contributed by atoms with Crippen molar-refractivity contribution in [2.45, 2.75) is 19.3 Å². The van der Waals surface area contributed by atoms with Crippen molar-refractivity contribution in [1.82, 2.24) is 19.7 Å². The number of aromatic nitrogens is 3. The predicted molar refractivity (Wildman–Crippen MR) is 114 cm³/mol. The van der Waals surface area contributed by atoms with Crippen LogP contribution in [0.1, 0.15) is 29.0 Å². The zero-order valence-electron chi connectivity index (χ0n) is 17.4. The van der Waals surface area contributed by atoms with Crippen LogP contribution in [0.25, 0.3) is 5.69 Å². The van der Waals surface area contributed by atoms with Gasteiger partial charge in [0.1, 0.15) is 24.9 Å². The first-order valence-corrected chi connectivity index (χ1v) is 10.7. The lowest BCUT2D eigenvalue weighted by molar-refractivity contribution is 0.0679. The number of likely N-dealkylation sites (tertiary alicyclic amines) is 1. The molecule has 5 rings (SSSR count). The van der Waals surface area contributed by atoms with Crippen molar-refractivity contribution < 1.29 is 18.7 Å². The van der Waals surface area contributed by atoms with Crippen molar-refractivity contribution in [2.75, 3.05) is 26.3 Å². The number of carbonyl (C=O) groups is 1. The molecule has 0 atom stereocenters. The van der Waals surface area contributed by atoms with Gasteiger partial charge in [-0.2, -0.15) is 5.10 Å². The summed E-state index contributed by atoms with van der Waals surface area (Å²) in [6, 6.07) is 11.5. The smallest absolute Gasteiger partial charge is 0.348 e. The molecule has 0 bridgehead atoms. The molecule has 1 aromatic heterocycles. The number of nitrogens with zero attached hydrogens (tertiary/aromatic N) is 3. The number of benzene rings is 2. The number of halogens is 1. The summed E-state index contributed by atoms with van der Waals surface area (Å²) >= 11 is 0. The van der Waals surface area contributed by atoms with E-state index in [0.717, 1.165) is 12.8 Å². The third-order valence-electron chi connectivity index (χ3n) is 6.00. The molecule has 0 spiro atoms. The number of aromatic amines is 1. The average molecular weight is 438 g/mol. The molecule has 0 unspecified atom stereocenters. The molecule has 3 aromatic rings. The van der Waals surface area contributed by atoms with Crippen LogP contribution in [0, 0.1) is 11.7 Å². The van der Waals surface area contributed by atoms with Crippen LogP contribution >= 0.6 is 0 Å². The Bertz CT molecular complexity index is 1200. The summed E-state index contributed by atoms with van der Waals surface area (Å²) in [4.78, 5) is 27.2. The normalized spacial score (nSPS) is 16.2. The number of piperidine rings is 1. The van der Waals surface area contributed by atoms with Crippen molar-refractivity contribution in [1.29, 1.82) is 0 Å². The number of carbonyl (C=O) groups excluding carboxylic acids is 1. The fourth-order valence-electron chi connectivity index (χ4n) is 4.36. The van der Waals surface area contributed by atoms with E-state index in [4.69, 9.17) is 9.47 Å². The van der Waals surface area contributed by atoms with Gasteiger partial charge < -0.3 is 14.4 Å². The van der Waals surface area contributed by atoms with Crippen LogP contribution in [0.2, 0.25) is 0 Å². The van der Waals surface area contributed by atoms with E-state index in [2.05, 4.69) is 10.2 Å². The highest BCUT2D eigenvalue weighted by Gasteiger charge is 2.29. The summed E-state index contributed by atoms with van der Waals surface area (Å²) in [5, 5.41) is 6.56. The topological polar surface area (TPSA) is 89.5 Å². The van der Waals surface area contributed by atoms with Crippen LogP contribution in [0.4, 0.5) is 4.39 Å². The van der Waals surface area contributed by atoms with Crippen LogP contribution in [0.5, 0.6) is 11.5 Å². The van der Waals surface area contributed by atoms with Crippen molar-refractivity contribution in [3.8, 4) is 17.2 Å². The van der Waals surface area contributed by atoms with Crippen LogP contribution in [-0.4, -0.2) is 51.9 Å². The number of H-pyrrole nitrogens is 1. The van der Waals surface area contributed by atoms with Gasteiger partial charge in [-0.05, 0) is 43.0 Å². The highest BCUT2D eigenvalue weighted by Crippen LogP contribution is 2.35. The van der Waals surface area contributed by atoms with Gasteiger partial charge in [0.15, 0.2) is 11.5 Å². The van der Waals surface area contributed by atoms with Crippen LogP contribution in [0.15, 0.2) is 47.3 Å². The largest absolute Gasteiger partial charge is 0.486 e. The fourth-order valence-corrected chi connectivity index (χ4v) is 4.36. The minimum absolute atomic E-state index is 0.0752. The quantitative estimate of drug-likeness (QED) is 0.676. The van der Waals surface area contributed by atoms with E-state index in [1.807, 2.05) is 4.90 Å². The Morgan fingerprint density at radius 2 is 1.88 bits per heavy atom. The Balaban J connectivity index is 1.27. The lowest BCUT2D eigenvalue weighted by Crippen LogP contribution is -2.39. The van der Waals surface area contributed by atoms with E-state index < -0.39 is 11.5 Å². The van der Waals surface area contributed by atoms with Gasteiger partial charge in [-0.15, -0.1) is 0 Å². The van der Waals surface area contributed by atoms with Crippen molar-refractivity contribution in [2.24, 2.45) is 5.92 Å². The maximum Gasteiger partial charge on any atom is 0.348 e. The Labute approximate surface area is 183 Å². The van der Waals surface area contributed by atoms with E-state index in [9.17, 15) is 14.0 Å². The SMILES string of the molecule is O=C(c1cccc2c1OCCO2)N1CCC(Cc2n[nH]c(=O)n2-c2ccccc2F)CC1. The maximum absolute atomic E-state index is 14.2. The molecule has 0 saturated carbocycles. The standard InChI is InChI=1S/C23H23FN4O4/c24-17-5-1-2-6-18(17)28-20(25-26-23(28)30)14-15-8-10-27(11-9-15)22(29)16-4-3-7-19-21(16)32-13-12-31-19/h1-7,15H,8-14H2,(H,26,30). The second-order valence-corrected chi connectivity index (χ2v) is 8.00. The zero-order chi connectivity index (χ0) is 22.1. The third kappa shape index (κ3) is 3.74. The highest BCUT2D eigenvalue weighted by atomic mass is 19.1. The molecule has 3 heterocycles. The average Bonchev–Trinajstić information content (AvgIpc) is 3.18. The summed E-state index contributed by atoms with van der Waals surface area (Å²) in [7, 11) is 0. The van der Waals surface area contributed by atoms with Gasteiger partial charge >= 0.3 is 5.69 Å². The Kier molecular flexibility index (Phi) is 5.38. The third-order valence-corrected chi connectivity index (χ3v) is 6.00. The van der Waals surface area contributed by atoms with Gasteiger partial charge in [-0.3, -0.25) is 4.79 Å². The lowest BCUT2D eigenvalue weighted by Gasteiger charge is -2.32. The van der Waals surface area contributed by atoms with Crippen LogP contribution in [-0.2, 0) is 6.42 Å². The fraction of sp³-hybridized carbons (Fsp3) is 0.348. The molecule has 1 N–H and O–H groups in total. The van der Waals surface area contributed by atoms with E-state index >= 15 is 0 Å². The second kappa shape index (κ2) is 8.49. The van der Waals surface area contributed by atoms with Crippen molar-refractivity contribution >= 4 is 5.91 Å². The molecule has 1 saturated heterocycles. The number of amides is 1. The number of fused-ring (bicyclic) bond motifs is 1. The van der Waals surface area contributed by atoms with E-state index in [0.29, 0.717) is 55.6 Å². The van der Waals surface area contributed by atoms with E-state index in [1.54, 1.807) is 36.4 Å². The van der Waals surface area contributed by atoms with E-state index in [1.165, 1.54) is 10.6 Å². The molecule has 0 aliphatic carbocycles. The molecule has 0 radical (unpaired) electrons. The van der Waals surface area contributed by atoms with Gasteiger partial charge in [0.2, 0.25) is 0 Å². The number of nitrogens with one attached hydrogen (secondary N) is 1. The molecule has 1 fully saturated rings. The van der Waals surface area contributed by atoms with Gasteiger partial charge in [0.05, 0.1) is 11.3 Å². The molecule has 9 heteroatoms. The minimum atomic E-state index is -0.477. The van der Waals surface area contributed by atoms with Crippen molar-refractivity contribution in [3.63, 3.8) is 0 Å². The summed E-state index contributed by atoms with van der Waals surface area (Å²) < 4.78 is 26.8. The molecule has 2 aromatic carbocycles. The Morgan fingerprint density at radius 3 is 2.69 bits per heavy atom. The molecule has 8 nitrogen and oxygen atoms in total. The molecule has 1 amide bonds. The number of rotatable bonds is 4. The molecule has 32 heavy (non-hydrogen) atoms. The molecular formula is C23H23FN4O4. The minimum Gasteiger partial charge on any atom is -0.486 e. The van der Waals surface area contributed by atoms with Gasteiger partial charge in [0, 0.05) is 19.5 Å². The Hall–Kier alpha value is -3.62. The zero-order valence-corrected chi connectivity index (χ0v) is 17.4. The van der Waals surface area contributed by atoms with Crippen LogP contribution in [0.3, 0.4) is 0 Å². The molecular weight excluding hydrogens is 415 g/mol. The highest BCUT2D eigenvalue weighted by molar-refractivity contribution is 5.98. The van der Waals surface area contributed by atoms with Gasteiger partial charge in [-0.25, -0.2) is 18.9 Å². The predicted octanol–water partition coefficient (Wildman–Crippen LogP) is 2.57. The Morgan fingerprint density at radius 1 is 1.09 bits per heavy atom. The van der Waals surface area contributed by atoms with E-state index in [-0.39, 0.29) is 17.5 Å². The molecule has 2 aliphatic rings. The summed E-state index contributed by atoms with van der Waals surface area (Å²) in [5.74, 6) is 1.28. The maximum atomic E-state index is 14.2. The number of hydrogen-bond acceptors (Lipinski definition) is 5. The first-order valence-electron chi connectivity index (χ1n) is 10.7. The van der Waals surface area contributed by atoms with Crippen molar-refractivity contribution in [3.05, 3.63) is 70.2 Å². The lowest BCUT2D eigenvalue weighted by atomic mass is 9.92. The summed E-state index contributed by atoms with van der Waals surface area (Å²) in [6.07, 6.45) is 2.04. The number of para-hydroxylation sites is 2. The molecule has 166 valence electrons. The first-order chi connectivity index (χ1) is 15.6. The van der Waals surface area contributed by atoms with Crippen LogP contribution < -0.4 is 15.2 Å². The second-order valence-electron chi connectivity index (χ2n) is 8.00. The number of hydrogen-bond donors (Lipinski definition) is 1. The monoisotopic (exact) mass is 438 g/mol. The first kappa shape index (κ1) is 20.3. The van der Waals surface area contributed by atoms with Gasteiger partial charge in [-0.1, -0.05) is 18.2 Å². The summed E-state index contributed by atoms with van der Waals surface area (Å²) in [6.45, 7) is 2.07. The van der Waals surface area contributed by atoms with Gasteiger partial charge in [0.25, 0.3) is 5.91 Å². The summed E-state index contributed by atoms with van der Waals surface area (Å²) in [5.41, 5.74) is 0.236. The number of ether oxygens (including phenoxy) is 2. The molecule has 2 aliphatic heterocycles.